The molecule has 1 amide bonds. The summed E-state index contributed by atoms with van der Waals surface area (Å²) in [6.07, 6.45) is 6.49. The minimum Gasteiger partial charge on any atom is -0.387 e. The van der Waals surface area contributed by atoms with Crippen molar-refractivity contribution in [2.24, 2.45) is 0 Å². The molecule has 4 rings (SSSR count). The van der Waals surface area contributed by atoms with Gasteiger partial charge in [0.2, 0.25) is 5.91 Å². The SMILES string of the molecule is CNC1=CN2C(CN3CCN(C(=O)COC)CC3)=C(c3ccc(Cl)cc3)NC2C=C1. The van der Waals surface area contributed by atoms with E-state index in [1.54, 1.807) is 7.11 Å². The molecule has 0 bridgehead atoms. The second-order valence-electron chi connectivity index (χ2n) is 7.61. The summed E-state index contributed by atoms with van der Waals surface area (Å²) in [6.45, 7) is 4.07. The van der Waals surface area contributed by atoms with Gasteiger partial charge in [0.1, 0.15) is 12.8 Å². The Kier molecular flexibility index (Phi) is 6.32. The molecule has 1 saturated heterocycles. The minimum atomic E-state index is 0.0589. The molecule has 1 atom stereocenters. The van der Waals surface area contributed by atoms with E-state index >= 15 is 0 Å². The lowest BCUT2D eigenvalue weighted by Crippen LogP contribution is -2.50. The van der Waals surface area contributed by atoms with Gasteiger partial charge in [0.15, 0.2) is 0 Å². The van der Waals surface area contributed by atoms with Crippen LogP contribution in [0.15, 0.2) is 54.0 Å². The monoisotopic (exact) mass is 429 g/mol. The van der Waals surface area contributed by atoms with Crippen LogP contribution >= 0.6 is 11.6 Å². The number of fused-ring (bicyclic) bond motifs is 1. The average molecular weight is 430 g/mol. The number of amides is 1. The van der Waals surface area contributed by atoms with E-state index in [0.717, 1.165) is 54.7 Å². The number of benzene rings is 1. The first-order valence-electron chi connectivity index (χ1n) is 10.2. The number of methoxy groups -OCH3 is 1. The highest BCUT2D eigenvalue weighted by Gasteiger charge is 2.33. The summed E-state index contributed by atoms with van der Waals surface area (Å²) in [5.41, 5.74) is 4.52. The van der Waals surface area contributed by atoms with E-state index in [1.807, 2.05) is 24.1 Å². The Balaban J connectivity index is 1.55. The number of carbonyl (C=O) groups is 1. The molecule has 0 saturated carbocycles. The first kappa shape index (κ1) is 20.8. The van der Waals surface area contributed by atoms with Gasteiger partial charge in [-0.05, 0) is 29.8 Å². The highest BCUT2D eigenvalue weighted by molar-refractivity contribution is 6.30. The summed E-state index contributed by atoms with van der Waals surface area (Å²) >= 11 is 6.11. The summed E-state index contributed by atoms with van der Waals surface area (Å²) < 4.78 is 4.99. The lowest BCUT2D eigenvalue weighted by molar-refractivity contribution is -0.136. The topological polar surface area (TPSA) is 60.1 Å². The lowest BCUT2D eigenvalue weighted by Gasteiger charge is -2.36. The van der Waals surface area contributed by atoms with Crippen LogP contribution in [0.1, 0.15) is 5.56 Å². The summed E-state index contributed by atoms with van der Waals surface area (Å²) in [5.74, 6) is 0.0589. The van der Waals surface area contributed by atoms with Crippen molar-refractivity contribution in [3.63, 3.8) is 0 Å². The fourth-order valence-electron chi connectivity index (χ4n) is 4.04. The number of piperazine rings is 1. The number of hydrogen-bond acceptors (Lipinski definition) is 6. The zero-order chi connectivity index (χ0) is 21.1. The molecule has 1 aromatic carbocycles. The van der Waals surface area contributed by atoms with Gasteiger partial charge in [-0.2, -0.15) is 0 Å². The Bertz CT molecular complexity index is 872. The zero-order valence-electron chi connectivity index (χ0n) is 17.4. The van der Waals surface area contributed by atoms with Crippen LogP contribution in [0.3, 0.4) is 0 Å². The first-order valence-corrected chi connectivity index (χ1v) is 10.6. The summed E-state index contributed by atoms with van der Waals surface area (Å²) in [6, 6.07) is 7.95. The van der Waals surface area contributed by atoms with Crippen molar-refractivity contribution in [1.29, 1.82) is 0 Å². The van der Waals surface area contributed by atoms with Crippen LogP contribution in [0.5, 0.6) is 0 Å². The van der Waals surface area contributed by atoms with Crippen molar-refractivity contribution < 1.29 is 9.53 Å². The number of hydrogen-bond donors (Lipinski definition) is 2. The number of nitrogens with zero attached hydrogens (tertiary/aromatic N) is 3. The quantitative estimate of drug-likeness (QED) is 0.717. The van der Waals surface area contributed by atoms with Crippen molar-refractivity contribution in [1.82, 2.24) is 25.3 Å². The molecular formula is C22H28ClN5O2. The molecule has 8 heteroatoms. The van der Waals surface area contributed by atoms with Gasteiger partial charge >= 0.3 is 0 Å². The molecule has 1 aromatic rings. The standard InChI is InChI=1S/C22H28ClN5O2/c1-24-18-7-8-20-25-22(16-3-5-17(23)6-4-16)19(28(20)13-18)14-26-9-11-27(12-10-26)21(29)15-30-2/h3-8,13,20,24-25H,9-12,14-15H2,1-2H3. The molecule has 2 N–H and O–H groups in total. The van der Waals surface area contributed by atoms with E-state index in [1.165, 1.54) is 5.70 Å². The van der Waals surface area contributed by atoms with E-state index in [2.05, 4.69) is 50.9 Å². The third-order valence-corrected chi connectivity index (χ3v) is 5.97. The average Bonchev–Trinajstić information content (AvgIpc) is 3.12. The molecular weight excluding hydrogens is 402 g/mol. The Hall–Kier alpha value is -2.48. The molecule has 3 aliphatic heterocycles. The fourth-order valence-corrected chi connectivity index (χ4v) is 4.17. The molecule has 160 valence electrons. The molecule has 0 aromatic heterocycles. The number of allylic oxidation sites excluding steroid dienone is 1. The van der Waals surface area contributed by atoms with Crippen molar-refractivity contribution in [2.75, 3.05) is 53.5 Å². The van der Waals surface area contributed by atoms with Crippen LogP contribution in [0.4, 0.5) is 0 Å². The molecule has 0 radical (unpaired) electrons. The van der Waals surface area contributed by atoms with Gasteiger partial charge in [0, 0.05) is 58.1 Å². The maximum Gasteiger partial charge on any atom is 0.248 e. The predicted octanol–water partition coefficient (Wildman–Crippen LogP) is 1.66. The van der Waals surface area contributed by atoms with Gasteiger partial charge in [-0.15, -0.1) is 0 Å². The second-order valence-corrected chi connectivity index (χ2v) is 8.04. The largest absolute Gasteiger partial charge is 0.387 e. The molecule has 0 spiro atoms. The zero-order valence-corrected chi connectivity index (χ0v) is 18.2. The number of ether oxygens (including phenoxy) is 1. The van der Waals surface area contributed by atoms with Gasteiger partial charge in [0.05, 0.1) is 17.1 Å². The second kappa shape index (κ2) is 9.12. The predicted molar refractivity (Wildman–Crippen MR) is 118 cm³/mol. The van der Waals surface area contributed by atoms with E-state index < -0.39 is 0 Å². The molecule has 1 fully saturated rings. The third-order valence-electron chi connectivity index (χ3n) is 5.72. The number of halogens is 1. The highest BCUT2D eigenvalue weighted by atomic mass is 35.5. The number of rotatable bonds is 6. The number of nitrogens with one attached hydrogen (secondary N) is 2. The smallest absolute Gasteiger partial charge is 0.248 e. The van der Waals surface area contributed by atoms with Gasteiger partial charge in [-0.25, -0.2) is 0 Å². The van der Waals surface area contributed by atoms with Crippen LogP contribution in [0, 0.1) is 0 Å². The van der Waals surface area contributed by atoms with Crippen LogP contribution in [0.25, 0.3) is 5.70 Å². The Labute approximate surface area is 182 Å². The van der Waals surface area contributed by atoms with E-state index in [-0.39, 0.29) is 18.7 Å². The Morgan fingerprint density at radius 3 is 2.63 bits per heavy atom. The van der Waals surface area contributed by atoms with Crippen molar-refractivity contribution in [3.8, 4) is 0 Å². The van der Waals surface area contributed by atoms with Crippen LogP contribution < -0.4 is 10.6 Å². The maximum absolute atomic E-state index is 12.1. The Morgan fingerprint density at radius 1 is 1.23 bits per heavy atom. The van der Waals surface area contributed by atoms with E-state index in [0.29, 0.717) is 0 Å². The van der Waals surface area contributed by atoms with E-state index in [4.69, 9.17) is 16.3 Å². The first-order chi connectivity index (χ1) is 14.6. The molecule has 3 heterocycles. The summed E-state index contributed by atoms with van der Waals surface area (Å²) in [4.78, 5) is 18.7. The maximum atomic E-state index is 12.1. The Morgan fingerprint density at radius 2 is 1.97 bits per heavy atom. The number of likely N-dealkylation sites (N-methyl/N-ethyl adjacent to an activating group) is 1. The summed E-state index contributed by atoms with van der Waals surface area (Å²) in [5, 5.41) is 7.61. The third kappa shape index (κ3) is 4.33. The molecule has 30 heavy (non-hydrogen) atoms. The summed E-state index contributed by atoms with van der Waals surface area (Å²) in [7, 11) is 3.49. The van der Waals surface area contributed by atoms with Crippen molar-refractivity contribution in [2.45, 2.75) is 6.17 Å². The lowest BCUT2D eigenvalue weighted by atomic mass is 10.1. The molecule has 1 unspecified atom stereocenters. The van der Waals surface area contributed by atoms with Crippen LogP contribution in [-0.2, 0) is 9.53 Å². The van der Waals surface area contributed by atoms with Gasteiger partial charge in [-0.1, -0.05) is 23.7 Å². The number of carbonyl (C=O) groups excluding carboxylic acids is 1. The minimum absolute atomic E-state index is 0.0589. The normalized spacial score (nSPS) is 21.4. The molecule has 0 aliphatic carbocycles. The molecule has 7 nitrogen and oxygen atoms in total. The fraction of sp³-hybridized carbons (Fsp3) is 0.409. The highest BCUT2D eigenvalue weighted by Crippen LogP contribution is 2.32. The van der Waals surface area contributed by atoms with Gasteiger partial charge < -0.3 is 25.2 Å². The molecule has 3 aliphatic rings. The van der Waals surface area contributed by atoms with Gasteiger partial charge in [0.25, 0.3) is 0 Å². The van der Waals surface area contributed by atoms with Crippen molar-refractivity contribution in [3.05, 3.63) is 64.6 Å². The van der Waals surface area contributed by atoms with Crippen LogP contribution in [-0.4, -0.2) is 80.3 Å². The van der Waals surface area contributed by atoms with Gasteiger partial charge in [-0.3, -0.25) is 9.69 Å². The van der Waals surface area contributed by atoms with Crippen LogP contribution in [0.2, 0.25) is 5.02 Å². The van der Waals surface area contributed by atoms with Crippen molar-refractivity contribution >= 4 is 23.2 Å². The van der Waals surface area contributed by atoms with E-state index in [9.17, 15) is 4.79 Å².